The molecule has 1 aromatic carbocycles. The summed E-state index contributed by atoms with van der Waals surface area (Å²) >= 11 is 1.55. The first kappa shape index (κ1) is 15.8. The van der Waals surface area contributed by atoms with Gasteiger partial charge in [-0.2, -0.15) is 0 Å². The molecule has 0 atom stereocenters. The number of benzene rings is 1. The summed E-state index contributed by atoms with van der Waals surface area (Å²) in [5.41, 5.74) is 1.95. The van der Waals surface area contributed by atoms with E-state index in [-0.39, 0.29) is 5.91 Å². The summed E-state index contributed by atoms with van der Waals surface area (Å²) < 4.78 is 1.13. The zero-order valence-corrected chi connectivity index (χ0v) is 15.5. The van der Waals surface area contributed by atoms with Gasteiger partial charge in [0.1, 0.15) is 10.7 Å². The molecule has 0 saturated carbocycles. The van der Waals surface area contributed by atoms with Gasteiger partial charge in [0.15, 0.2) is 0 Å². The molecule has 6 nitrogen and oxygen atoms in total. The molecule has 0 aliphatic carbocycles. The van der Waals surface area contributed by atoms with Gasteiger partial charge in [0.05, 0.1) is 11.2 Å². The van der Waals surface area contributed by atoms with E-state index in [0.29, 0.717) is 6.54 Å². The van der Waals surface area contributed by atoms with Crippen molar-refractivity contribution in [1.82, 2.24) is 15.2 Å². The van der Waals surface area contributed by atoms with E-state index < -0.39 is 0 Å². The van der Waals surface area contributed by atoms with Crippen molar-refractivity contribution in [2.45, 2.75) is 0 Å². The van der Waals surface area contributed by atoms with Crippen molar-refractivity contribution >= 4 is 49.7 Å². The Kier molecular flexibility index (Phi) is 3.72. The number of carbonyl (C=O) groups is 1. The summed E-state index contributed by atoms with van der Waals surface area (Å²) in [5.74, 6) is 1.05. The van der Waals surface area contributed by atoms with Crippen molar-refractivity contribution in [2.75, 3.05) is 56.5 Å². The molecule has 26 heavy (non-hydrogen) atoms. The first-order valence-corrected chi connectivity index (χ1v) is 9.84. The van der Waals surface area contributed by atoms with Crippen LogP contribution in [0.2, 0.25) is 0 Å². The molecule has 3 aromatic rings. The van der Waals surface area contributed by atoms with Crippen molar-refractivity contribution in [3.05, 3.63) is 29.1 Å². The number of nitrogens with zero attached hydrogens (tertiary/aromatic N) is 3. The van der Waals surface area contributed by atoms with Crippen LogP contribution in [0.1, 0.15) is 9.67 Å². The molecular weight excluding hydrogens is 346 g/mol. The number of amides is 1. The topological polar surface area (TPSA) is 60.5 Å². The lowest BCUT2D eigenvalue weighted by atomic mass is 10.1. The van der Waals surface area contributed by atoms with E-state index in [1.54, 1.807) is 11.3 Å². The normalized spacial score (nSPS) is 18.5. The number of nitrogens with one attached hydrogen (secondary N) is 2. The molecule has 0 spiro atoms. The Morgan fingerprint density at radius 1 is 1.04 bits per heavy atom. The monoisotopic (exact) mass is 367 g/mol. The summed E-state index contributed by atoms with van der Waals surface area (Å²) in [4.78, 5) is 22.7. The van der Waals surface area contributed by atoms with Crippen LogP contribution in [0, 0.1) is 0 Å². The summed E-state index contributed by atoms with van der Waals surface area (Å²) in [5, 5.41) is 8.62. The van der Waals surface area contributed by atoms with Crippen LogP contribution in [0.5, 0.6) is 0 Å². The van der Waals surface area contributed by atoms with Crippen LogP contribution in [0.3, 0.4) is 0 Å². The Bertz CT molecular complexity index is 1010. The smallest absolute Gasteiger partial charge is 0.263 e. The minimum absolute atomic E-state index is 0.0152. The number of carbonyl (C=O) groups excluding carboxylic acids is 1. The van der Waals surface area contributed by atoms with Crippen LogP contribution in [0.4, 0.5) is 11.5 Å². The van der Waals surface area contributed by atoms with Gasteiger partial charge in [-0.1, -0.05) is 0 Å². The lowest BCUT2D eigenvalue weighted by Gasteiger charge is -2.33. The number of hydrogen-bond acceptors (Lipinski definition) is 6. The molecule has 134 valence electrons. The highest BCUT2D eigenvalue weighted by atomic mass is 32.1. The summed E-state index contributed by atoms with van der Waals surface area (Å²) in [7, 11) is 2.16. The van der Waals surface area contributed by atoms with E-state index in [1.165, 1.54) is 0 Å². The van der Waals surface area contributed by atoms with Crippen LogP contribution in [-0.2, 0) is 0 Å². The van der Waals surface area contributed by atoms with Crippen molar-refractivity contribution in [1.29, 1.82) is 0 Å². The second-order valence-electron chi connectivity index (χ2n) is 6.95. The highest BCUT2D eigenvalue weighted by Gasteiger charge is 2.23. The molecule has 1 saturated heterocycles. The van der Waals surface area contributed by atoms with Crippen LogP contribution in [0.15, 0.2) is 24.3 Å². The van der Waals surface area contributed by atoms with E-state index in [0.717, 1.165) is 70.1 Å². The standard InChI is InChI=1S/C19H21N5OS/c1-23-8-10-24(11-9-23)15-5-2-12-13(22-15)3-4-14-16(12)17-18(26-14)19(25)21-7-6-20-17/h2-5,20H,6-11H2,1H3,(H,21,25). The zero-order chi connectivity index (χ0) is 17.7. The Morgan fingerprint density at radius 2 is 1.85 bits per heavy atom. The van der Waals surface area contributed by atoms with Crippen LogP contribution in [0.25, 0.3) is 21.0 Å². The number of anilines is 2. The van der Waals surface area contributed by atoms with Gasteiger partial charge in [-0.15, -0.1) is 11.3 Å². The van der Waals surface area contributed by atoms with Gasteiger partial charge >= 0.3 is 0 Å². The van der Waals surface area contributed by atoms with Crippen LogP contribution >= 0.6 is 11.3 Å². The second kappa shape index (κ2) is 6.10. The van der Waals surface area contributed by atoms with E-state index in [2.05, 4.69) is 51.7 Å². The van der Waals surface area contributed by atoms with E-state index >= 15 is 0 Å². The van der Waals surface area contributed by atoms with Crippen LogP contribution in [-0.4, -0.2) is 62.1 Å². The van der Waals surface area contributed by atoms with E-state index in [4.69, 9.17) is 4.98 Å². The van der Waals surface area contributed by atoms with Gasteiger partial charge in [-0.05, 0) is 31.3 Å². The number of fused-ring (bicyclic) bond motifs is 5. The summed E-state index contributed by atoms with van der Waals surface area (Å²) in [6.45, 7) is 5.54. The third kappa shape index (κ3) is 2.50. The molecule has 4 heterocycles. The molecule has 2 N–H and O–H groups in total. The van der Waals surface area contributed by atoms with Crippen molar-refractivity contribution in [2.24, 2.45) is 0 Å². The average Bonchev–Trinajstić information content (AvgIpc) is 2.95. The van der Waals surface area contributed by atoms with Gasteiger partial charge in [-0.3, -0.25) is 4.79 Å². The molecule has 2 aliphatic heterocycles. The first-order valence-electron chi connectivity index (χ1n) is 9.02. The Labute approximate surface area is 155 Å². The molecule has 2 aliphatic rings. The van der Waals surface area contributed by atoms with Gasteiger partial charge in [0.25, 0.3) is 5.91 Å². The van der Waals surface area contributed by atoms with E-state index in [1.807, 2.05) is 0 Å². The third-order valence-corrected chi connectivity index (χ3v) is 6.41. The minimum Gasteiger partial charge on any atom is -0.381 e. The number of likely N-dealkylation sites (N-methyl/N-ethyl adjacent to an activating group) is 1. The van der Waals surface area contributed by atoms with Gasteiger partial charge in [0, 0.05) is 54.7 Å². The molecule has 0 radical (unpaired) electrons. The van der Waals surface area contributed by atoms with Crippen LogP contribution < -0.4 is 15.5 Å². The van der Waals surface area contributed by atoms with Gasteiger partial charge in [0.2, 0.25) is 0 Å². The molecule has 5 rings (SSSR count). The molecule has 1 amide bonds. The average molecular weight is 367 g/mol. The predicted octanol–water partition coefficient (Wildman–Crippen LogP) is 2.36. The number of pyridine rings is 1. The summed E-state index contributed by atoms with van der Waals surface area (Å²) in [6, 6.07) is 8.45. The maximum absolute atomic E-state index is 12.3. The SMILES string of the molecule is CN1CCN(c2ccc3c(ccc4sc5c(c43)NCCNC5=O)n2)CC1. The Hall–Kier alpha value is -2.38. The molecule has 0 bridgehead atoms. The molecule has 1 fully saturated rings. The highest BCUT2D eigenvalue weighted by molar-refractivity contribution is 7.21. The number of aromatic nitrogens is 1. The van der Waals surface area contributed by atoms with Crippen molar-refractivity contribution < 1.29 is 4.79 Å². The summed E-state index contributed by atoms with van der Waals surface area (Å²) in [6.07, 6.45) is 0. The maximum Gasteiger partial charge on any atom is 0.263 e. The second-order valence-corrected chi connectivity index (χ2v) is 8.01. The Morgan fingerprint density at radius 3 is 2.69 bits per heavy atom. The number of hydrogen-bond donors (Lipinski definition) is 2. The largest absolute Gasteiger partial charge is 0.381 e. The Balaban J connectivity index is 1.63. The van der Waals surface area contributed by atoms with Crippen molar-refractivity contribution in [3.63, 3.8) is 0 Å². The fourth-order valence-corrected chi connectivity index (χ4v) is 4.89. The molecular formula is C19H21N5OS. The van der Waals surface area contributed by atoms with Gasteiger partial charge in [-0.25, -0.2) is 4.98 Å². The predicted molar refractivity (Wildman–Crippen MR) is 108 cm³/mol. The quantitative estimate of drug-likeness (QED) is 0.691. The third-order valence-electron chi connectivity index (χ3n) is 5.25. The number of thiophene rings is 1. The van der Waals surface area contributed by atoms with Crippen molar-refractivity contribution in [3.8, 4) is 0 Å². The molecule has 7 heteroatoms. The minimum atomic E-state index is 0.0152. The first-order chi connectivity index (χ1) is 12.7. The maximum atomic E-state index is 12.3. The molecule has 0 unspecified atom stereocenters. The lowest BCUT2D eigenvalue weighted by molar-refractivity contribution is 0.0962. The van der Waals surface area contributed by atoms with E-state index in [9.17, 15) is 4.79 Å². The fraction of sp³-hybridized carbons (Fsp3) is 0.368. The zero-order valence-electron chi connectivity index (χ0n) is 14.7. The number of rotatable bonds is 1. The van der Waals surface area contributed by atoms with Gasteiger partial charge < -0.3 is 20.4 Å². The molecule has 2 aromatic heterocycles. The lowest BCUT2D eigenvalue weighted by Crippen LogP contribution is -2.44. The number of piperazine rings is 1. The fourth-order valence-electron chi connectivity index (χ4n) is 3.77. The highest BCUT2D eigenvalue weighted by Crippen LogP contribution is 2.40.